The van der Waals surface area contributed by atoms with E-state index in [0.717, 1.165) is 32.5 Å². The van der Waals surface area contributed by atoms with Crippen molar-refractivity contribution >= 4 is 11.3 Å². The summed E-state index contributed by atoms with van der Waals surface area (Å²) < 4.78 is 5.41. The van der Waals surface area contributed by atoms with Crippen LogP contribution in [0.25, 0.3) is 0 Å². The van der Waals surface area contributed by atoms with Gasteiger partial charge in [0.2, 0.25) is 0 Å². The van der Waals surface area contributed by atoms with E-state index in [1.165, 1.54) is 4.88 Å². The lowest BCUT2D eigenvalue weighted by molar-refractivity contribution is 0.0416. The van der Waals surface area contributed by atoms with Gasteiger partial charge in [0.15, 0.2) is 0 Å². The van der Waals surface area contributed by atoms with Gasteiger partial charge in [0.05, 0.1) is 0 Å². The molecule has 14 heavy (non-hydrogen) atoms. The molecule has 1 N–H and O–H groups in total. The van der Waals surface area contributed by atoms with Gasteiger partial charge in [-0.1, -0.05) is 6.07 Å². The average Bonchev–Trinajstić information content (AvgIpc) is 2.72. The number of rotatable bonds is 3. The van der Waals surface area contributed by atoms with Gasteiger partial charge in [0.25, 0.3) is 0 Å². The van der Waals surface area contributed by atoms with E-state index in [1.807, 2.05) is 11.3 Å². The molecule has 1 aromatic rings. The minimum absolute atomic E-state index is 0.281. The highest BCUT2D eigenvalue weighted by Gasteiger charge is 2.31. The van der Waals surface area contributed by atoms with Crippen LogP contribution in [0, 0.1) is 0 Å². The Morgan fingerprint density at radius 3 is 2.86 bits per heavy atom. The molecule has 2 nitrogen and oxygen atoms in total. The zero-order valence-electron chi connectivity index (χ0n) is 8.58. The van der Waals surface area contributed by atoms with E-state index in [0.29, 0.717) is 0 Å². The van der Waals surface area contributed by atoms with Gasteiger partial charge in [-0.2, -0.15) is 0 Å². The summed E-state index contributed by atoms with van der Waals surface area (Å²) in [6.07, 6.45) is 3.40. The molecule has 0 aromatic carbocycles. The quantitative estimate of drug-likeness (QED) is 0.826. The molecule has 2 rings (SSSR count). The predicted molar refractivity (Wildman–Crippen MR) is 59.9 cm³/mol. The van der Waals surface area contributed by atoms with Gasteiger partial charge in [-0.25, -0.2) is 0 Å². The van der Waals surface area contributed by atoms with Crippen molar-refractivity contribution in [1.82, 2.24) is 5.32 Å². The van der Waals surface area contributed by atoms with Crippen LogP contribution >= 0.6 is 11.3 Å². The van der Waals surface area contributed by atoms with Crippen molar-refractivity contribution in [3.8, 4) is 0 Å². The number of likely N-dealkylation sites (N-methyl/N-ethyl adjacent to an activating group) is 1. The van der Waals surface area contributed by atoms with E-state index < -0.39 is 0 Å². The Bertz CT molecular complexity index is 265. The van der Waals surface area contributed by atoms with Crippen LogP contribution < -0.4 is 5.32 Å². The summed E-state index contributed by atoms with van der Waals surface area (Å²) >= 11 is 1.85. The zero-order chi connectivity index (χ0) is 9.86. The molecule has 1 aliphatic heterocycles. The summed E-state index contributed by atoms with van der Waals surface area (Å²) in [4.78, 5) is 1.47. The third-order valence-corrected chi connectivity index (χ3v) is 3.95. The highest BCUT2D eigenvalue weighted by molar-refractivity contribution is 7.09. The molecular weight excluding hydrogens is 194 g/mol. The van der Waals surface area contributed by atoms with Gasteiger partial charge >= 0.3 is 0 Å². The summed E-state index contributed by atoms with van der Waals surface area (Å²) in [6, 6.07) is 4.35. The first-order valence-corrected chi connectivity index (χ1v) is 6.02. The summed E-state index contributed by atoms with van der Waals surface area (Å²) in [5.41, 5.74) is 0.281. The van der Waals surface area contributed by atoms with Crippen LogP contribution in [0.15, 0.2) is 17.5 Å². The second-order valence-electron chi connectivity index (χ2n) is 3.90. The van der Waals surface area contributed by atoms with Crippen LogP contribution in [-0.4, -0.2) is 25.8 Å². The van der Waals surface area contributed by atoms with Crippen molar-refractivity contribution < 1.29 is 4.74 Å². The van der Waals surface area contributed by atoms with Crippen molar-refractivity contribution in [2.24, 2.45) is 0 Å². The summed E-state index contributed by atoms with van der Waals surface area (Å²) in [7, 11) is 2.07. The Morgan fingerprint density at radius 2 is 2.29 bits per heavy atom. The number of ether oxygens (including phenoxy) is 1. The molecule has 1 aliphatic rings. The maximum absolute atomic E-state index is 5.41. The molecule has 0 radical (unpaired) electrons. The van der Waals surface area contributed by atoms with E-state index >= 15 is 0 Å². The molecule has 78 valence electrons. The molecule has 2 heterocycles. The molecule has 0 bridgehead atoms. The number of hydrogen-bond acceptors (Lipinski definition) is 3. The molecule has 0 spiro atoms. The standard InChI is InChI=1S/C11H17NOS/c1-12-11(4-6-13-7-5-11)9-10-3-2-8-14-10/h2-3,8,12H,4-7,9H2,1H3. The van der Waals surface area contributed by atoms with E-state index in [1.54, 1.807) is 0 Å². The van der Waals surface area contributed by atoms with Crippen LogP contribution in [0.3, 0.4) is 0 Å². The zero-order valence-corrected chi connectivity index (χ0v) is 9.40. The molecule has 0 amide bonds. The average molecular weight is 211 g/mol. The van der Waals surface area contributed by atoms with E-state index in [2.05, 4.69) is 29.9 Å². The Hall–Kier alpha value is -0.380. The fourth-order valence-electron chi connectivity index (χ4n) is 2.02. The Morgan fingerprint density at radius 1 is 1.50 bits per heavy atom. The molecule has 1 aromatic heterocycles. The largest absolute Gasteiger partial charge is 0.381 e. The molecule has 3 heteroatoms. The maximum atomic E-state index is 5.41. The van der Waals surface area contributed by atoms with Gasteiger partial charge < -0.3 is 10.1 Å². The van der Waals surface area contributed by atoms with E-state index in [9.17, 15) is 0 Å². The predicted octanol–water partition coefficient (Wildman–Crippen LogP) is 2.06. The van der Waals surface area contributed by atoms with Crippen molar-refractivity contribution in [2.75, 3.05) is 20.3 Å². The molecular formula is C11H17NOS. The van der Waals surface area contributed by atoms with Crippen molar-refractivity contribution in [3.63, 3.8) is 0 Å². The monoisotopic (exact) mass is 211 g/mol. The highest BCUT2D eigenvalue weighted by atomic mass is 32.1. The van der Waals surface area contributed by atoms with Crippen LogP contribution in [0.2, 0.25) is 0 Å². The summed E-state index contributed by atoms with van der Waals surface area (Å²) in [5, 5.41) is 5.63. The second kappa shape index (κ2) is 4.43. The topological polar surface area (TPSA) is 21.3 Å². The third kappa shape index (κ3) is 2.16. The van der Waals surface area contributed by atoms with Crippen LogP contribution in [0.4, 0.5) is 0 Å². The van der Waals surface area contributed by atoms with E-state index in [4.69, 9.17) is 4.74 Å². The van der Waals surface area contributed by atoms with Gasteiger partial charge in [-0.15, -0.1) is 11.3 Å². The van der Waals surface area contributed by atoms with Crippen LogP contribution in [0.1, 0.15) is 17.7 Å². The summed E-state index contributed by atoms with van der Waals surface area (Å²) in [6.45, 7) is 1.79. The third-order valence-electron chi connectivity index (χ3n) is 3.07. The molecule has 0 aliphatic carbocycles. The lowest BCUT2D eigenvalue weighted by Crippen LogP contribution is -2.49. The fourth-order valence-corrected chi connectivity index (χ4v) is 2.87. The first-order valence-electron chi connectivity index (χ1n) is 5.14. The van der Waals surface area contributed by atoms with Gasteiger partial charge in [-0.05, 0) is 31.3 Å². The van der Waals surface area contributed by atoms with E-state index in [-0.39, 0.29) is 5.54 Å². The number of thiophene rings is 1. The van der Waals surface area contributed by atoms with Crippen LogP contribution in [-0.2, 0) is 11.2 Å². The molecule has 0 unspecified atom stereocenters. The molecule has 0 atom stereocenters. The number of hydrogen-bond donors (Lipinski definition) is 1. The van der Waals surface area contributed by atoms with Gasteiger partial charge in [-0.3, -0.25) is 0 Å². The van der Waals surface area contributed by atoms with Gasteiger partial charge in [0.1, 0.15) is 0 Å². The Kier molecular flexibility index (Phi) is 3.21. The number of nitrogens with one attached hydrogen (secondary N) is 1. The normalized spacial score (nSPS) is 20.9. The first kappa shape index (κ1) is 10.1. The second-order valence-corrected chi connectivity index (χ2v) is 4.93. The lowest BCUT2D eigenvalue weighted by atomic mass is 9.86. The molecule has 1 fully saturated rings. The summed E-state index contributed by atoms with van der Waals surface area (Å²) in [5.74, 6) is 0. The fraction of sp³-hybridized carbons (Fsp3) is 0.636. The highest BCUT2D eigenvalue weighted by Crippen LogP contribution is 2.26. The SMILES string of the molecule is CNC1(Cc2cccs2)CCOCC1. The molecule has 0 saturated carbocycles. The first-order chi connectivity index (χ1) is 6.85. The minimum Gasteiger partial charge on any atom is -0.381 e. The minimum atomic E-state index is 0.281. The molecule has 1 saturated heterocycles. The van der Waals surface area contributed by atoms with Crippen LogP contribution in [0.5, 0.6) is 0 Å². The van der Waals surface area contributed by atoms with Gasteiger partial charge in [0, 0.05) is 30.1 Å². The Balaban J connectivity index is 2.04. The lowest BCUT2D eigenvalue weighted by Gasteiger charge is -2.36. The van der Waals surface area contributed by atoms with Crippen molar-refractivity contribution in [1.29, 1.82) is 0 Å². The smallest absolute Gasteiger partial charge is 0.0483 e. The van der Waals surface area contributed by atoms with Crippen molar-refractivity contribution in [2.45, 2.75) is 24.8 Å². The van der Waals surface area contributed by atoms with Crippen molar-refractivity contribution in [3.05, 3.63) is 22.4 Å². The Labute approximate surface area is 89.3 Å². The maximum Gasteiger partial charge on any atom is 0.0483 e.